The van der Waals surface area contributed by atoms with Gasteiger partial charge in [0, 0.05) is 18.8 Å². The van der Waals surface area contributed by atoms with Crippen molar-refractivity contribution in [2.45, 2.75) is 38.5 Å². The molecule has 0 fully saturated rings. The predicted octanol–water partition coefficient (Wildman–Crippen LogP) is 1.68. The van der Waals surface area contributed by atoms with Gasteiger partial charge in [-0.25, -0.2) is 8.42 Å². The Morgan fingerprint density at radius 2 is 2.00 bits per heavy atom. The molecule has 8 heteroatoms. The number of aromatic nitrogens is 4. The van der Waals surface area contributed by atoms with Gasteiger partial charge in [0.15, 0.2) is 5.82 Å². The second-order valence-electron chi connectivity index (χ2n) is 5.09. The Kier molecular flexibility index (Phi) is 3.59. The first-order valence-electron chi connectivity index (χ1n) is 6.30. The van der Waals surface area contributed by atoms with Crippen molar-refractivity contribution in [1.29, 1.82) is 0 Å². The molecule has 20 heavy (non-hydrogen) atoms. The maximum atomic E-state index is 12.4. The highest BCUT2D eigenvalue weighted by molar-refractivity contribution is 7.92. The van der Waals surface area contributed by atoms with E-state index in [0.29, 0.717) is 11.4 Å². The maximum Gasteiger partial charge on any atom is 0.266 e. The van der Waals surface area contributed by atoms with Crippen LogP contribution < -0.4 is 4.72 Å². The van der Waals surface area contributed by atoms with E-state index in [1.165, 1.54) is 0 Å². The minimum absolute atomic E-state index is 0.203. The summed E-state index contributed by atoms with van der Waals surface area (Å²) in [5.41, 5.74) is 1.94. The zero-order valence-corrected chi connectivity index (χ0v) is 13.0. The topological polar surface area (TPSA) is 92.7 Å². The molecule has 0 aliphatic carbocycles. The summed E-state index contributed by atoms with van der Waals surface area (Å²) < 4.78 is 28.9. The highest BCUT2D eigenvalue weighted by Gasteiger charge is 2.24. The Morgan fingerprint density at radius 3 is 2.45 bits per heavy atom. The monoisotopic (exact) mass is 297 g/mol. The van der Waals surface area contributed by atoms with E-state index in [9.17, 15) is 8.42 Å². The van der Waals surface area contributed by atoms with Gasteiger partial charge in [0.25, 0.3) is 10.0 Å². The molecule has 2 aromatic rings. The van der Waals surface area contributed by atoms with Crippen molar-refractivity contribution in [1.82, 2.24) is 20.0 Å². The van der Waals surface area contributed by atoms with Gasteiger partial charge in [-0.3, -0.25) is 14.5 Å². The third-order valence-corrected chi connectivity index (χ3v) is 4.78. The molecule has 2 N–H and O–H groups in total. The number of H-pyrrole nitrogens is 1. The van der Waals surface area contributed by atoms with E-state index in [2.05, 4.69) is 20.0 Å². The van der Waals surface area contributed by atoms with E-state index < -0.39 is 10.0 Å². The van der Waals surface area contributed by atoms with Gasteiger partial charge < -0.3 is 0 Å². The summed E-state index contributed by atoms with van der Waals surface area (Å²) in [6.45, 7) is 7.40. The fourth-order valence-corrected chi connectivity index (χ4v) is 3.45. The molecule has 0 spiro atoms. The molecule has 0 radical (unpaired) electrons. The lowest BCUT2D eigenvalue weighted by Gasteiger charge is -2.05. The van der Waals surface area contributed by atoms with Gasteiger partial charge in [-0.15, -0.1) is 0 Å². The highest BCUT2D eigenvalue weighted by atomic mass is 32.2. The van der Waals surface area contributed by atoms with Gasteiger partial charge in [-0.1, -0.05) is 13.8 Å². The molecule has 0 saturated heterocycles. The lowest BCUT2D eigenvalue weighted by Crippen LogP contribution is -2.15. The van der Waals surface area contributed by atoms with Crippen LogP contribution in [0.2, 0.25) is 0 Å². The van der Waals surface area contributed by atoms with Gasteiger partial charge in [-0.2, -0.15) is 10.2 Å². The van der Waals surface area contributed by atoms with Crippen molar-refractivity contribution in [2.75, 3.05) is 4.72 Å². The molecule has 0 aromatic carbocycles. The van der Waals surface area contributed by atoms with Crippen LogP contribution in [0.5, 0.6) is 0 Å². The standard InChI is InChI=1S/C12H19N5O2S/c1-7(2)10-6-11(14-13-10)16-20(18,19)12-8(3)15-17(5)9(12)4/h6-7H,1-5H3,(H2,13,14,16). The molecular weight excluding hydrogens is 278 g/mol. The number of aromatic amines is 1. The van der Waals surface area contributed by atoms with Crippen LogP contribution in [0.25, 0.3) is 0 Å². The van der Waals surface area contributed by atoms with E-state index in [1.54, 1.807) is 31.6 Å². The molecule has 0 aliphatic heterocycles. The second-order valence-corrected chi connectivity index (χ2v) is 6.71. The third-order valence-electron chi connectivity index (χ3n) is 3.17. The van der Waals surface area contributed by atoms with Gasteiger partial charge in [0.1, 0.15) is 4.90 Å². The van der Waals surface area contributed by atoms with E-state index in [0.717, 1.165) is 5.69 Å². The van der Waals surface area contributed by atoms with Crippen molar-refractivity contribution in [3.63, 3.8) is 0 Å². The highest BCUT2D eigenvalue weighted by Crippen LogP contribution is 2.22. The summed E-state index contributed by atoms with van der Waals surface area (Å²) in [6, 6.07) is 1.70. The molecule has 110 valence electrons. The Balaban J connectivity index is 2.35. The molecule has 0 atom stereocenters. The van der Waals surface area contributed by atoms with Crippen molar-refractivity contribution in [3.8, 4) is 0 Å². The van der Waals surface area contributed by atoms with Crippen LogP contribution in [0.4, 0.5) is 5.82 Å². The minimum Gasteiger partial charge on any atom is -0.280 e. The number of nitrogens with one attached hydrogen (secondary N) is 2. The fraction of sp³-hybridized carbons (Fsp3) is 0.500. The molecule has 0 saturated carbocycles. The smallest absolute Gasteiger partial charge is 0.266 e. The number of hydrogen-bond donors (Lipinski definition) is 2. The second kappa shape index (κ2) is 4.93. The Labute approximate surface area is 118 Å². The van der Waals surface area contributed by atoms with E-state index in [1.807, 2.05) is 13.8 Å². The first-order chi connectivity index (χ1) is 9.22. The molecule has 0 bridgehead atoms. The molecule has 7 nitrogen and oxygen atoms in total. The van der Waals surface area contributed by atoms with E-state index in [4.69, 9.17) is 0 Å². The van der Waals surface area contributed by atoms with Gasteiger partial charge >= 0.3 is 0 Å². The zero-order valence-electron chi connectivity index (χ0n) is 12.2. The number of hydrogen-bond acceptors (Lipinski definition) is 4. The number of sulfonamides is 1. The molecule has 2 aromatic heterocycles. The van der Waals surface area contributed by atoms with Crippen LogP contribution in [0.15, 0.2) is 11.0 Å². The normalized spacial score (nSPS) is 12.1. The minimum atomic E-state index is -3.68. The molecular formula is C12H19N5O2S. The SMILES string of the molecule is Cc1nn(C)c(C)c1S(=O)(=O)Nc1cc(C(C)C)[nH]n1. The molecule has 2 rings (SSSR count). The maximum absolute atomic E-state index is 12.4. The predicted molar refractivity (Wildman–Crippen MR) is 76.2 cm³/mol. The fourth-order valence-electron chi connectivity index (χ4n) is 2.02. The van der Waals surface area contributed by atoms with Crippen molar-refractivity contribution < 1.29 is 8.42 Å². The van der Waals surface area contributed by atoms with Gasteiger partial charge in [-0.05, 0) is 19.8 Å². The zero-order chi connectivity index (χ0) is 15.1. The Hall–Kier alpha value is -1.83. The van der Waals surface area contributed by atoms with Crippen molar-refractivity contribution in [3.05, 3.63) is 23.1 Å². The van der Waals surface area contributed by atoms with E-state index >= 15 is 0 Å². The summed E-state index contributed by atoms with van der Waals surface area (Å²) in [6.07, 6.45) is 0. The summed E-state index contributed by atoms with van der Waals surface area (Å²) in [5.74, 6) is 0.541. The molecule has 0 amide bonds. The van der Waals surface area contributed by atoms with Crippen LogP contribution in [0, 0.1) is 13.8 Å². The number of anilines is 1. The van der Waals surface area contributed by atoms with Crippen LogP contribution in [0.1, 0.15) is 36.8 Å². The summed E-state index contributed by atoms with van der Waals surface area (Å²) >= 11 is 0. The molecule has 0 aliphatic rings. The lowest BCUT2D eigenvalue weighted by atomic mass is 10.1. The van der Waals surface area contributed by atoms with Gasteiger partial charge in [0.05, 0.1) is 11.4 Å². The van der Waals surface area contributed by atoms with Crippen molar-refractivity contribution >= 4 is 15.8 Å². The first-order valence-corrected chi connectivity index (χ1v) is 7.79. The average molecular weight is 297 g/mol. The van der Waals surface area contributed by atoms with Crippen molar-refractivity contribution in [2.24, 2.45) is 7.05 Å². The largest absolute Gasteiger partial charge is 0.280 e. The molecule has 2 heterocycles. The summed E-state index contributed by atoms with van der Waals surface area (Å²) in [5, 5.41) is 10.9. The molecule has 0 unspecified atom stereocenters. The van der Waals surface area contributed by atoms with Crippen LogP contribution in [-0.4, -0.2) is 28.4 Å². The van der Waals surface area contributed by atoms with E-state index in [-0.39, 0.29) is 16.6 Å². The van der Waals surface area contributed by atoms with Crippen LogP contribution in [-0.2, 0) is 17.1 Å². The summed E-state index contributed by atoms with van der Waals surface area (Å²) in [4.78, 5) is 0.203. The lowest BCUT2D eigenvalue weighted by molar-refractivity contribution is 0.599. The van der Waals surface area contributed by atoms with Crippen LogP contribution >= 0.6 is 0 Å². The number of nitrogens with zero attached hydrogens (tertiary/aromatic N) is 3. The Morgan fingerprint density at radius 1 is 1.35 bits per heavy atom. The number of aryl methyl sites for hydroxylation is 2. The number of rotatable bonds is 4. The third kappa shape index (κ3) is 2.55. The summed E-state index contributed by atoms with van der Waals surface area (Å²) in [7, 11) is -1.97. The quantitative estimate of drug-likeness (QED) is 0.898. The van der Waals surface area contributed by atoms with Crippen LogP contribution in [0.3, 0.4) is 0 Å². The van der Waals surface area contributed by atoms with Gasteiger partial charge in [0.2, 0.25) is 0 Å². The Bertz CT molecular complexity index is 727. The average Bonchev–Trinajstić information content (AvgIpc) is 2.84. The first kappa shape index (κ1) is 14.6.